The number of hydrogen-bond acceptors (Lipinski definition) is 2. The van der Waals surface area contributed by atoms with Crippen molar-refractivity contribution in [2.45, 2.75) is 11.8 Å². The van der Waals surface area contributed by atoms with Crippen LogP contribution in [0.15, 0.2) is 48.8 Å². The summed E-state index contributed by atoms with van der Waals surface area (Å²) < 4.78 is 5.31. The summed E-state index contributed by atoms with van der Waals surface area (Å²) in [6.45, 7) is 0. The third-order valence-corrected chi connectivity index (χ3v) is 3.03. The van der Waals surface area contributed by atoms with Gasteiger partial charge in [0.1, 0.15) is 5.75 Å². The standard InChI is InChI=1S/C14H14ClNO/c1-17-14-5-3-2-4-12(14)13(15)10-11-6-8-16-9-7-11/h2-9,13H,10H2,1H3. The Labute approximate surface area is 106 Å². The van der Waals surface area contributed by atoms with Gasteiger partial charge < -0.3 is 4.74 Å². The highest BCUT2D eigenvalue weighted by atomic mass is 35.5. The number of pyridine rings is 1. The number of ether oxygens (including phenoxy) is 1. The maximum Gasteiger partial charge on any atom is 0.123 e. The lowest BCUT2D eigenvalue weighted by Gasteiger charge is -2.13. The number of para-hydroxylation sites is 1. The van der Waals surface area contributed by atoms with E-state index in [2.05, 4.69) is 4.98 Å². The van der Waals surface area contributed by atoms with E-state index in [-0.39, 0.29) is 5.38 Å². The maximum absolute atomic E-state index is 6.42. The van der Waals surface area contributed by atoms with E-state index in [1.165, 1.54) is 5.56 Å². The molecule has 0 saturated heterocycles. The minimum absolute atomic E-state index is 0.0893. The molecule has 0 bridgehead atoms. The van der Waals surface area contributed by atoms with E-state index in [1.807, 2.05) is 36.4 Å². The molecule has 0 spiro atoms. The number of benzene rings is 1. The molecular weight excluding hydrogens is 234 g/mol. The van der Waals surface area contributed by atoms with Crippen molar-refractivity contribution in [1.29, 1.82) is 0 Å². The van der Waals surface area contributed by atoms with E-state index in [0.29, 0.717) is 0 Å². The highest BCUT2D eigenvalue weighted by molar-refractivity contribution is 6.21. The minimum Gasteiger partial charge on any atom is -0.496 e. The minimum atomic E-state index is -0.0893. The quantitative estimate of drug-likeness (QED) is 0.770. The Balaban J connectivity index is 2.17. The van der Waals surface area contributed by atoms with Crippen LogP contribution in [0.5, 0.6) is 5.75 Å². The summed E-state index contributed by atoms with van der Waals surface area (Å²) in [6, 6.07) is 11.8. The SMILES string of the molecule is COc1ccccc1C(Cl)Cc1ccncc1. The Morgan fingerprint density at radius 3 is 2.59 bits per heavy atom. The van der Waals surface area contributed by atoms with Gasteiger partial charge in [0, 0.05) is 18.0 Å². The summed E-state index contributed by atoms with van der Waals surface area (Å²) in [5.74, 6) is 0.835. The Bertz CT molecular complexity index is 473. The maximum atomic E-state index is 6.42. The van der Waals surface area contributed by atoms with E-state index < -0.39 is 0 Å². The monoisotopic (exact) mass is 247 g/mol. The van der Waals surface area contributed by atoms with Gasteiger partial charge in [-0.1, -0.05) is 18.2 Å². The Morgan fingerprint density at radius 1 is 1.18 bits per heavy atom. The van der Waals surface area contributed by atoms with Crippen molar-refractivity contribution in [2.75, 3.05) is 7.11 Å². The van der Waals surface area contributed by atoms with Gasteiger partial charge in [0.15, 0.2) is 0 Å². The summed E-state index contributed by atoms with van der Waals surface area (Å²) in [5.41, 5.74) is 2.19. The van der Waals surface area contributed by atoms with E-state index in [9.17, 15) is 0 Å². The molecule has 2 rings (SSSR count). The zero-order valence-electron chi connectivity index (χ0n) is 9.64. The molecule has 1 unspecified atom stereocenters. The largest absolute Gasteiger partial charge is 0.496 e. The molecule has 2 nitrogen and oxygen atoms in total. The third kappa shape index (κ3) is 2.98. The van der Waals surface area contributed by atoms with Gasteiger partial charge >= 0.3 is 0 Å². The van der Waals surface area contributed by atoms with Crippen LogP contribution >= 0.6 is 11.6 Å². The first kappa shape index (κ1) is 11.9. The summed E-state index contributed by atoms with van der Waals surface area (Å²) >= 11 is 6.42. The lowest BCUT2D eigenvalue weighted by molar-refractivity contribution is 0.409. The first-order chi connectivity index (χ1) is 8.31. The second-order valence-corrected chi connectivity index (χ2v) is 4.30. The zero-order chi connectivity index (χ0) is 12.1. The van der Waals surface area contributed by atoms with Gasteiger partial charge in [-0.3, -0.25) is 4.98 Å². The Hall–Kier alpha value is -1.54. The van der Waals surface area contributed by atoms with Crippen LogP contribution in [-0.2, 0) is 6.42 Å². The van der Waals surface area contributed by atoms with Crippen molar-refractivity contribution in [3.63, 3.8) is 0 Å². The van der Waals surface area contributed by atoms with Crippen LogP contribution in [0.2, 0.25) is 0 Å². The van der Waals surface area contributed by atoms with Crippen LogP contribution in [0.1, 0.15) is 16.5 Å². The first-order valence-corrected chi connectivity index (χ1v) is 5.91. The van der Waals surface area contributed by atoms with Gasteiger partial charge in [0.2, 0.25) is 0 Å². The van der Waals surface area contributed by atoms with E-state index in [4.69, 9.17) is 16.3 Å². The molecule has 0 amide bonds. The zero-order valence-corrected chi connectivity index (χ0v) is 10.4. The summed E-state index contributed by atoms with van der Waals surface area (Å²) in [6.07, 6.45) is 4.33. The van der Waals surface area contributed by atoms with Gasteiger partial charge in [-0.15, -0.1) is 11.6 Å². The van der Waals surface area contributed by atoms with Crippen molar-refractivity contribution < 1.29 is 4.74 Å². The van der Waals surface area contributed by atoms with Crippen LogP contribution in [0, 0.1) is 0 Å². The molecule has 2 aromatic rings. The molecule has 1 atom stereocenters. The average Bonchev–Trinajstić information content (AvgIpc) is 2.40. The van der Waals surface area contributed by atoms with Crippen LogP contribution in [0.3, 0.4) is 0 Å². The van der Waals surface area contributed by atoms with Crippen molar-refractivity contribution in [1.82, 2.24) is 4.98 Å². The Morgan fingerprint density at radius 2 is 1.88 bits per heavy atom. The van der Waals surface area contributed by atoms with E-state index in [0.717, 1.165) is 17.7 Å². The molecule has 1 heterocycles. The molecular formula is C14H14ClNO. The summed E-state index contributed by atoms with van der Waals surface area (Å²) in [7, 11) is 1.66. The molecule has 0 aliphatic heterocycles. The average molecular weight is 248 g/mol. The summed E-state index contributed by atoms with van der Waals surface area (Å²) in [4.78, 5) is 3.99. The topological polar surface area (TPSA) is 22.1 Å². The van der Waals surface area contributed by atoms with Crippen LogP contribution in [-0.4, -0.2) is 12.1 Å². The fourth-order valence-corrected chi connectivity index (χ4v) is 2.12. The van der Waals surface area contributed by atoms with Gasteiger partial charge in [-0.25, -0.2) is 0 Å². The molecule has 3 heteroatoms. The van der Waals surface area contributed by atoms with Crippen LogP contribution in [0.4, 0.5) is 0 Å². The molecule has 0 aliphatic carbocycles. The fraction of sp³-hybridized carbons (Fsp3) is 0.214. The number of halogens is 1. The van der Waals surface area contributed by atoms with E-state index in [1.54, 1.807) is 19.5 Å². The first-order valence-electron chi connectivity index (χ1n) is 5.47. The van der Waals surface area contributed by atoms with Crippen molar-refractivity contribution in [2.24, 2.45) is 0 Å². The predicted octanol–water partition coefficient (Wildman–Crippen LogP) is 3.61. The van der Waals surface area contributed by atoms with Gasteiger partial charge in [-0.2, -0.15) is 0 Å². The highest BCUT2D eigenvalue weighted by Crippen LogP contribution is 2.31. The molecule has 17 heavy (non-hydrogen) atoms. The summed E-state index contributed by atoms with van der Waals surface area (Å²) in [5, 5.41) is -0.0893. The van der Waals surface area contributed by atoms with Gasteiger partial charge in [-0.05, 0) is 30.2 Å². The second kappa shape index (κ2) is 5.69. The fourth-order valence-electron chi connectivity index (χ4n) is 1.76. The molecule has 0 fully saturated rings. The van der Waals surface area contributed by atoms with Crippen molar-refractivity contribution in [3.05, 3.63) is 59.9 Å². The highest BCUT2D eigenvalue weighted by Gasteiger charge is 2.13. The molecule has 0 aliphatic rings. The molecule has 0 N–H and O–H groups in total. The van der Waals surface area contributed by atoms with Gasteiger partial charge in [0.25, 0.3) is 0 Å². The smallest absolute Gasteiger partial charge is 0.123 e. The number of rotatable bonds is 4. The normalized spacial score (nSPS) is 12.1. The molecule has 88 valence electrons. The number of aromatic nitrogens is 1. The van der Waals surface area contributed by atoms with Crippen LogP contribution in [0.25, 0.3) is 0 Å². The number of hydrogen-bond donors (Lipinski definition) is 0. The van der Waals surface area contributed by atoms with Crippen molar-refractivity contribution >= 4 is 11.6 Å². The molecule has 0 radical (unpaired) electrons. The van der Waals surface area contributed by atoms with Crippen molar-refractivity contribution in [3.8, 4) is 5.75 Å². The number of alkyl halides is 1. The molecule has 1 aromatic carbocycles. The van der Waals surface area contributed by atoms with E-state index >= 15 is 0 Å². The molecule has 1 aromatic heterocycles. The Kier molecular flexibility index (Phi) is 3.99. The lowest BCUT2D eigenvalue weighted by Crippen LogP contribution is -1.99. The lowest BCUT2D eigenvalue weighted by atomic mass is 10.0. The number of nitrogens with zero attached hydrogens (tertiary/aromatic N) is 1. The molecule has 0 saturated carbocycles. The predicted molar refractivity (Wildman–Crippen MR) is 69.5 cm³/mol. The third-order valence-electron chi connectivity index (χ3n) is 2.64. The number of methoxy groups -OCH3 is 1. The van der Waals surface area contributed by atoms with Crippen LogP contribution < -0.4 is 4.74 Å². The second-order valence-electron chi connectivity index (χ2n) is 3.77. The van der Waals surface area contributed by atoms with Gasteiger partial charge in [0.05, 0.1) is 12.5 Å².